The smallest absolute Gasteiger partial charge is 0.0462 e. The zero-order chi connectivity index (χ0) is 11.2. The predicted molar refractivity (Wildman–Crippen MR) is 68.2 cm³/mol. The minimum Gasteiger partial charge on any atom is -0.385 e. The number of hydrogen-bond acceptors (Lipinski definition) is 1. The third-order valence-electron chi connectivity index (χ3n) is 2.61. The van der Waals surface area contributed by atoms with Gasteiger partial charge in [-0.15, -0.1) is 0 Å². The zero-order valence-corrected chi connectivity index (χ0v) is 10.6. The molecule has 0 rings (SSSR count). The van der Waals surface area contributed by atoms with Gasteiger partial charge in [0.05, 0.1) is 0 Å². The highest BCUT2D eigenvalue weighted by Crippen LogP contribution is 2.06. The van der Waals surface area contributed by atoms with E-state index in [-0.39, 0.29) is 0 Å². The van der Waals surface area contributed by atoms with Crippen molar-refractivity contribution in [1.29, 1.82) is 0 Å². The molecule has 0 aliphatic carbocycles. The molecule has 0 fully saturated rings. The van der Waals surface area contributed by atoms with E-state index in [1.165, 1.54) is 57.8 Å². The fourth-order valence-corrected chi connectivity index (χ4v) is 1.60. The van der Waals surface area contributed by atoms with Gasteiger partial charge in [0, 0.05) is 13.7 Å². The van der Waals surface area contributed by atoms with Crippen LogP contribution in [0.4, 0.5) is 0 Å². The average Bonchev–Trinajstić information content (AvgIpc) is 2.26. The highest BCUT2D eigenvalue weighted by molar-refractivity contribution is 4.80. The van der Waals surface area contributed by atoms with Crippen LogP contribution in [0.1, 0.15) is 64.7 Å². The molecule has 0 aromatic heterocycles. The summed E-state index contributed by atoms with van der Waals surface area (Å²) in [6, 6.07) is 0. The first-order chi connectivity index (χ1) is 7.41. The first-order valence-corrected chi connectivity index (χ1v) is 6.55. The molecule has 0 saturated heterocycles. The summed E-state index contributed by atoms with van der Waals surface area (Å²) in [6.07, 6.45) is 16.5. The fraction of sp³-hybridized carbons (Fsp3) is 0.857. The van der Waals surface area contributed by atoms with Crippen molar-refractivity contribution in [3.8, 4) is 0 Å². The van der Waals surface area contributed by atoms with Crippen molar-refractivity contribution >= 4 is 0 Å². The number of allylic oxidation sites excluding steroid dienone is 2. The molecule has 1 heteroatoms. The van der Waals surface area contributed by atoms with E-state index < -0.39 is 0 Å². The maximum absolute atomic E-state index is 5.01. The third-order valence-corrected chi connectivity index (χ3v) is 2.61. The van der Waals surface area contributed by atoms with E-state index in [4.69, 9.17) is 4.74 Å². The number of unbranched alkanes of at least 4 members (excludes halogenated alkanes) is 7. The van der Waals surface area contributed by atoms with Crippen LogP contribution in [-0.2, 0) is 4.74 Å². The summed E-state index contributed by atoms with van der Waals surface area (Å²) in [7, 11) is 1.78. The number of methoxy groups -OCH3 is 1. The summed E-state index contributed by atoms with van der Waals surface area (Å²) in [5.41, 5.74) is 0. The molecule has 0 unspecified atom stereocenters. The fourth-order valence-electron chi connectivity index (χ4n) is 1.60. The second-order valence-corrected chi connectivity index (χ2v) is 4.16. The van der Waals surface area contributed by atoms with Gasteiger partial charge in [0.2, 0.25) is 0 Å². The lowest BCUT2D eigenvalue weighted by Crippen LogP contribution is -1.87. The predicted octanol–water partition coefficient (Wildman–Crippen LogP) is 4.72. The van der Waals surface area contributed by atoms with E-state index in [2.05, 4.69) is 19.1 Å². The van der Waals surface area contributed by atoms with Gasteiger partial charge in [-0.2, -0.15) is 0 Å². The second-order valence-electron chi connectivity index (χ2n) is 4.16. The Kier molecular flexibility index (Phi) is 13.4. The molecular formula is C14H28O. The van der Waals surface area contributed by atoms with Gasteiger partial charge in [-0.3, -0.25) is 0 Å². The number of ether oxygens (including phenoxy) is 1. The number of rotatable bonds is 11. The van der Waals surface area contributed by atoms with E-state index in [0.717, 1.165) is 6.61 Å². The van der Waals surface area contributed by atoms with Gasteiger partial charge in [0.15, 0.2) is 0 Å². The van der Waals surface area contributed by atoms with Crippen molar-refractivity contribution in [2.24, 2.45) is 0 Å². The Bertz CT molecular complexity index is 129. The van der Waals surface area contributed by atoms with Gasteiger partial charge in [-0.05, 0) is 25.7 Å². The second kappa shape index (κ2) is 13.7. The lowest BCUT2D eigenvalue weighted by atomic mass is 10.1. The molecule has 0 N–H and O–H groups in total. The molecule has 0 heterocycles. The van der Waals surface area contributed by atoms with Crippen molar-refractivity contribution in [3.05, 3.63) is 12.2 Å². The molecule has 0 spiro atoms. The zero-order valence-electron chi connectivity index (χ0n) is 10.6. The molecule has 0 radical (unpaired) electrons. The Morgan fingerprint density at radius 3 is 2.07 bits per heavy atom. The topological polar surface area (TPSA) is 9.23 Å². The van der Waals surface area contributed by atoms with E-state index in [0.29, 0.717) is 0 Å². The van der Waals surface area contributed by atoms with Crippen LogP contribution in [0.3, 0.4) is 0 Å². The lowest BCUT2D eigenvalue weighted by Gasteiger charge is -1.99. The molecule has 0 bridgehead atoms. The maximum atomic E-state index is 5.01. The molecule has 0 saturated carbocycles. The standard InChI is InChI=1S/C14H28O/c1-3-4-5-6-7-8-9-10-11-12-13-14-15-2/h6-7H,3-5,8-14H2,1-2H3. The van der Waals surface area contributed by atoms with Gasteiger partial charge >= 0.3 is 0 Å². The molecule has 0 aliphatic rings. The minimum absolute atomic E-state index is 0.928. The molecule has 0 amide bonds. The van der Waals surface area contributed by atoms with Gasteiger partial charge in [-0.25, -0.2) is 0 Å². The van der Waals surface area contributed by atoms with Crippen LogP contribution in [0.5, 0.6) is 0 Å². The quantitative estimate of drug-likeness (QED) is 0.356. The molecule has 15 heavy (non-hydrogen) atoms. The van der Waals surface area contributed by atoms with Crippen molar-refractivity contribution in [2.45, 2.75) is 64.7 Å². The Hall–Kier alpha value is -0.300. The summed E-state index contributed by atoms with van der Waals surface area (Å²) in [5.74, 6) is 0. The molecule has 0 aliphatic heterocycles. The minimum atomic E-state index is 0.928. The van der Waals surface area contributed by atoms with Gasteiger partial charge in [-0.1, -0.05) is 51.2 Å². The van der Waals surface area contributed by atoms with Crippen molar-refractivity contribution < 1.29 is 4.74 Å². The monoisotopic (exact) mass is 212 g/mol. The Balaban J connectivity index is 2.95. The molecule has 1 nitrogen and oxygen atoms in total. The van der Waals surface area contributed by atoms with E-state index in [1.54, 1.807) is 7.11 Å². The van der Waals surface area contributed by atoms with E-state index in [1.807, 2.05) is 0 Å². The Morgan fingerprint density at radius 1 is 0.800 bits per heavy atom. The third kappa shape index (κ3) is 13.7. The van der Waals surface area contributed by atoms with Crippen LogP contribution in [0.25, 0.3) is 0 Å². The number of hydrogen-bond donors (Lipinski definition) is 0. The summed E-state index contributed by atoms with van der Waals surface area (Å²) in [5, 5.41) is 0. The normalized spacial score (nSPS) is 11.3. The van der Waals surface area contributed by atoms with E-state index in [9.17, 15) is 0 Å². The van der Waals surface area contributed by atoms with Gasteiger partial charge in [0.1, 0.15) is 0 Å². The van der Waals surface area contributed by atoms with Crippen LogP contribution in [0, 0.1) is 0 Å². The van der Waals surface area contributed by atoms with Gasteiger partial charge in [0.25, 0.3) is 0 Å². The van der Waals surface area contributed by atoms with Crippen molar-refractivity contribution in [3.63, 3.8) is 0 Å². The van der Waals surface area contributed by atoms with Crippen LogP contribution < -0.4 is 0 Å². The van der Waals surface area contributed by atoms with Crippen molar-refractivity contribution in [2.75, 3.05) is 13.7 Å². The summed E-state index contributed by atoms with van der Waals surface area (Å²) < 4.78 is 5.01. The molecular weight excluding hydrogens is 184 g/mol. The molecule has 0 aromatic rings. The highest BCUT2D eigenvalue weighted by atomic mass is 16.5. The summed E-state index contributed by atoms with van der Waals surface area (Å²) in [4.78, 5) is 0. The van der Waals surface area contributed by atoms with Crippen molar-refractivity contribution in [1.82, 2.24) is 0 Å². The average molecular weight is 212 g/mol. The molecule has 0 aromatic carbocycles. The lowest BCUT2D eigenvalue weighted by molar-refractivity contribution is 0.192. The SMILES string of the molecule is CCCCC=CCCCCCCCOC. The Labute approximate surface area is 95.9 Å². The Morgan fingerprint density at radius 2 is 1.40 bits per heavy atom. The van der Waals surface area contributed by atoms with Crippen LogP contribution in [-0.4, -0.2) is 13.7 Å². The van der Waals surface area contributed by atoms with Crippen LogP contribution >= 0.6 is 0 Å². The van der Waals surface area contributed by atoms with Crippen LogP contribution in [0.2, 0.25) is 0 Å². The first-order valence-electron chi connectivity index (χ1n) is 6.55. The summed E-state index contributed by atoms with van der Waals surface area (Å²) in [6.45, 7) is 3.17. The summed E-state index contributed by atoms with van der Waals surface area (Å²) >= 11 is 0. The maximum Gasteiger partial charge on any atom is 0.0462 e. The van der Waals surface area contributed by atoms with E-state index >= 15 is 0 Å². The molecule has 90 valence electrons. The largest absolute Gasteiger partial charge is 0.385 e. The highest BCUT2D eigenvalue weighted by Gasteiger charge is 1.89. The van der Waals surface area contributed by atoms with Gasteiger partial charge < -0.3 is 4.74 Å². The molecule has 0 atom stereocenters. The van der Waals surface area contributed by atoms with Crippen LogP contribution in [0.15, 0.2) is 12.2 Å². The first kappa shape index (κ1) is 14.7.